The van der Waals surface area contributed by atoms with Crippen LogP contribution in [0.5, 0.6) is 0 Å². The predicted octanol–water partition coefficient (Wildman–Crippen LogP) is 3.23. The number of aliphatic hydroxyl groups is 1. The minimum absolute atomic E-state index is 0.326. The lowest BCUT2D eigenvalue weighted by Gasteiger charge is -2.18. The molecule has 0 bridgehead atoms. The summed E-state index contributed by atoms with van der Waals surface area (Å²) in [6, 6.07) is 5.32. The number of anilines is 1. The van der Waals surface area contributed by atoms with Crippen molar-refractivity contribution in [2.45, 2.75) is 36.0 Å². The van der Waals surface area contributed by atoms with Crippen molar-refractivity contribution in [3.05, 3.63) is 34.6 Å². The molecular weight excluding hydrogens is 407 g/mol. The zero-order chi connectivity index (χ0) is 19.6. The highest BCUT2D eigenvalue weighted by Gasteiger charge is 2.17. The van der Waals surface area contributed by atoms with E-state index in [1.165, 1.54) is 18.1 Å². The lowest BCUT2D eigenvalue weighted by Crippen LogP contribution is -2.36. The molecular formula is C17H20Cl2N6OS. The lowest BCUT2D eigenvalue weighted by atomic mass is 10.1. The number of hydrogen-bond donors (Lipinski definition) is 3. The number of rotatable bonds is 7. The molecule has 3 rings (SSSR count). The van der Waals surface area contributed by atoms with Gasteiger partial charge in [-0.1, -0.05) is 35.0 Å². The van der Waals surface area contributed by atoms with E-state index in [0.29, 0.717) is 51.8 Å². The Labute approximate surface area is 171 Å². The summed E-state index contributed by atoms with van der Waals surface area (Å²) in [6.07, 6.45) is 1.42. The van der Waals surface area contributed by atoms with Crippen LogP contribution < -0.4 is 11.1 Å². The first-order chi connectivity index (χ1) is 12.7. The van der Waals surface area contributed by atoms with Gasteiger partial charge in [-0.2, -0.15) is 0 Å². The average Bonchev–Trinajstić information content (AvgIpc) is 2.92. The summed E-state index contributed by atoms with van der Waals surface area (Å²) in [5.41, 5.74) is 6.39. The van der Waals surface area contributed by atoms with Crippen LogP contribution >= 0.6 is 35.0 Å². The highest BCUT2D eigenvalue weighted by atomic mass is 35.5. The van der Waals surface area contributed by atoms with E-state index in [4.69, 9.17) is 28.9 Å². The van der Waals surface area contributed by atoms with Crippen molar-refractivity contribution in [1.29, 1.82) is 0 Å². The van der Waals surface area contributed by atoms with Crippen molar-refractivity contribution >= 4 is 51.9 Å². The Kier molecular flexibility index (Phi) is 6.12. The second-order valence-corrected chi connectivity index (χ2v) is 8.50. The van der Waals surface area contributed by atoms with Crippen LogP contribution in [0.2, 0.25) is 10.0 Å². The predicted molar refractivity (Wildman–Crippen MR) is 109 cm³/mol. The topological polar surface area (TPSA) is 102 Å². The Morgan fingerprint density at radius 3 is 2.78 bits per heavy atom. The molecule has 0 fully saturated rings. The number of nitrogens with zero attached hydrogens (tertiary/aromatic N) is 4. The molecule has 0 aliphatic carbocycles. The van der Waals surface area contributed by atoms with Crippen molar-refractivity contribution in [1.82, 2.24) is 24.8 Å². The molecule has 0 amide bonds. The van der Waals surface area contributed by atoms with E-state index in [1.54, 1.807) is 26.0 Å². The van der Waals surface area contributed by atoms with Crippen LogP contribution in [-0.4, -0.2) is 43.3 Å². The summed E-state index contributed by atoms with van der Waals surface area (Å²) < 4.78 is 1.96. The van der Waals surface area contributed by atoms with Gasteiger partial charge in [0.1, 0.15) is 6.33 Å². The van der Waals surface area contributed by atoms with Crippen LogP contribution in [0.25, 0.3) is 11.2 Å². The van der Waals surface area contributed by atoms with Crippen LogP contribution in [-0.2, 0) is 6.54 Å². The zero-order valence-electron chi connectivity index (χ0n) is 14.9. The van der Waals surface area contributed by atoms with Gasteiger partial charge in [0.05, 0.1) is 10.6 Å². The summed E-state index contributed by atoms with van der Waals surface area (Å²) >= 11 is 13.7. The SMILES string of the molecule is CC(C)(O)CNCCn1c(Sc2ccc(Cl)cc2Cl)nc2c(N)ncnc21. The van der Waals surface area contributed by atoms with Gasteiger partial charge in [0, 0.05) is 29.6 Å². The van der Waals surface area contributed by atoms with Crippen LogP contribution in [0.1, 0.15) is 13.8 Å². The molecule has 0 spiro atoms. The number of fused-ring (bicyclic) bond motifs is 1. The van der Waals surface area contributed by atoms with Gasteiger partial charge in [-0.3, -0.25) is 0 Å². The molecule has 0 saturated carbocycles. The Bertz CT molecular complexity index is 956. The Morgan fingerprint density at radius 1 is 1.30 bits per heavy atom. The second-order valence-electron chi connectivity index (χ2n) is 6.64. The standard InChI is InChI=1S/C17H20Cl2N6OS/c1-17(2,26)8-21-5-6-25-15-13(14(20)22-9-23-15)24-16(25)27-12-4-3-10(18)7-11(12)19/h3-4,7,9,21,26H,5-6,8H2,1-2H3,(H2,20,22,23). The van der Waals surface area contributed by atoms with E-state index in [2.05, 4.69) is 20.3 Å². The van der Waals surface area contributed by atoms with Gasteiger partial charge >= 0.3 is 0 Å². The third-order valence-corrected chi connectivity index (χ3v) is 5.42. The highest BCUT2D eigenvalue weighted by Crippen LogP contribution is 2.36. The maximum absolute atomic E-state index is 9.84. The molecule has 144 valence electrons. The van der Waals surface area contributed by atoms with Gasteiger partial charge in [-0.15, -0.1) is 0 Å². The van der Waals surface area contributed by atoms with Gasteiger partial charge in [0.15, 0.2) is 22.1 Å². The van der Waals surface area contributed by atoms with Crippen LogP contribution in [0.15, 0.2) is 34.6 Å². The van der Waals surface area contributed by atoms with Gasteiger partial charge < -0.3 is 20.7 Å². The maximum atomic E-state index is 9.84. The normalized spacial score (nSPS) is 12.0. The average molecular weight is 427 g/mol. The fraction of sp³-hybridized carbons (Fsp3) is 0.353. The number of hydrogen-bond acceptors (Lipinski definition) is 7. The molecule has 1 aromatic carbocycles. The smallest absolute Gasteiger partial charge is 0.175 e. The molecule has 2 heterocycles. The van der Waals surface area contributed by atoms with Crippen molar-refractivity contribution in [3.8, 4) is 0 Å². The molecule has 7 nitrogen and oxygen atoms in total. The second kappa shape index (κ2) is 8.20. The molecule has 3 aromatic rings. The number of aromatic nitrogens is 4. The summed E-state index contributed by atoms with van der Waals surface area (Å²) in [5.74, 6) is 0.326. The fourth-order valence-corrected chi connectivity index (χ4v) is 3.89. The molecule has 4 N–H and O–H groups in total. The third kappa shape index (κ3) is 5.03. The zero-order valence-corrected chi connectivity index (χ0v) is 17.2. The van der Waals surface area contributed by atoms with Crippen LogP contribution in [0, 0.1) is 0 Å². The summed E-state index contributed by atoms with van der Waals surface area (Å²) in [7, 11) is 0. The van der Waals surface area contributed by atoms with Crippen LogP contribution in [0.4, 0.5) is 5.82 Å². The lowest BCUT2D eigenvalue weighted by molar-refractivity contribution is 0.0797. The van der Waals surface area contributed by atoms with Crippen molar-refractivity contribution in [2.75, 3.05) is 18.8 Å². The van der Waals surface area contributed by atoms with Crippen molar-refractivity contribution < 1.29 is 5.11 Å². The monoisotopic (exact) mass is 426 g/mol. The molecule has 0 radical (unpaired) electrons. The van der Waals surface area contributed by atoms with E-state index in [9.17, 15) is 5.11 Å². The van der Waals surface area contributed by atoms with E-state index < -0.39 is 5.60 Å². The molecule has 0 atom stereocenters. The minimum Gasteiger partial charge on any atom is -0.389 e. The first kappa shape index (κ1) is 20.2. The fourth-order valence-electron chi connectivity index (χ4n) is 2.45. The number of nitrogens with one attached hydrogen (secondary N) is 1. The van der Waals surface area contributed by atoms with Crippen LogP contribution in [0.3, 0.4) is 0 Å². The Hall–Kier alpha value is -1.58. The highest BCUT2D eigenvalue weighted by molar-refractivity contribution is 7.99. The molecule has 0 aliphatic heterocycles. The van der Waals surface area contributed by atoms with Gasteiger partial charge in [-0.25, -0.2) is 15.0 Å². The first-order valence-electron chi connectivity index (χ1n) is 8.27. The number of imidazole rings is 1. The molecule has 27 heavy (non-hydrogen) atoms. The van der Waals surface area contributed by atoms with Gasteiger partial charge in [0.2, 0.25) is 0 Å². The quantitative estimate of drug-likeness (QED) is 0.498. The van der Waals surface area contributed by atoms with E-state index in [0.717, 1.165) is 4.90 Å². The molecule has 0 saturated heterocycles. The third-order valence-electron chi connectivity index (χ3n) is 3.69. The number of nitrogens with two attached hydrogens (primary N) is 1. The van der Waals surface area contributed by atoms with E-state index >= 15 is 0 Å². The number of halogens is 2. The number of benzene rings is 1. The molecule has 0 unspecified atom stereocenters. The van der Waals surface area contributed by atoms with E-state index in [1.807, 2.05) is 10.6 Å². The summed E-state index contributed by atoms with van der Waals surface area (Å²) in [4.78, 5) is 13.8. The van der Waals surface area contributed by atoms with Gasteiger partial charge in [0.25, 0.3) is 0 Å². The molecule has 0 aliphatic rings. The first-order valence-corrected chi connectivity index (χ1v) is 9.84. The van der Waals surface area contributed by atoms with Crippen molar-refractivity contribution in [2.24, 2.45) is 0 Å². The molecule has 2 aromatic heterocycles. The van der Waals surface area contributed by atoms with Gasteiger partial charge in [-0.05, 0) is 32.0 Å². The largest absolute Gasteiger partial charge is 0.389 e. The summed E-state index contributed by atoms with van der Waals surface area (Å²) in [6.45, 7) is 5.20. The Morgan fingerprint density at radius 2 is 2.07 bits per heavy atom. The minimum atomic E-state index is -0.780. The number of nitrogen functional groups attached to an aromatic ring is 1. The molecule has 10 heteroatoms. The Balaban J connectivity index is 1.90. The maximum Gasteiger partial charge on any atom is 0.175 e. The summed E-state index contributed by atoms with van der Waals surface area (Å²) in [5, 5.41) is 14.9. The van der Waals surface area contributed by atoms with Crippen molar-refractivity contribution in [3.63, 3.8) is 0 Å². The van der Waals surface area contributed by atoms with E-state index in [-0.39, 0.29) is 0 Å².